The summed E-state index contributed by atoms with van der Waals surface area (Å²) in [6.07, 6.45) is 0. The standard InChI is InChI=1S/C14H19FN2O/c1-4-17(11(2)10-18-3)9-13-5-12(8-16)6-14(15)7-13/h5-7,11H,4,9-10H2,1-3H3. The summed E-state index contributed by atoms with van der Waals surface area (Å²) in [6.45, 7) is 6.22. The number of benzene rings is 1. The Morgan fingerprint density at radius 3 is 2.72 bits per heavy atom. The van der Waals surface area contributed by atoms with E-state index in [1.165, 1.54) is 12.1 Å². The summed E-state index contributed by atoms with van der Waals surface area (Å²) >= 11 is 0. The van der Waals surface area contributed by atoms with Crippen LogP contribution in [0.3, 0.4) is 0 Å². The number of nitrogens with zero attached hydrogens (tertiary/aromatic N) is 2. The second-order valence-corrected chi connectivity index (χ2v) is 4.33. The fourth-order valence-corrected chi connectivity index (χ4v) is 1.97. The molecule has 0 N–H and O–H groups in total. The lowest BCUT2D eigenvalue weighted by molar-refractivity contribution is 0.0981. The zero-order valence-electron chi connectivity index (χ0n) is 11.1. The molecule has 4 heteroatoms. The Balaban J connectivity index is 2.81. The van der Waals surface area contributed by atoms with Crippen molar-refractivity contribution in [2.24, 2.45) is 0 Å². The van der Waals surface area contributed by atoms with Crippen molar-refractivity contribution in [3.63, 3.8) is 0 Å². The van der Waals surface area contributed by atoms with Gasteiger partial charge in [-0.2, -0.15) is 5.26 Å². The molecule has 1 rings (SSSR count). The van der Waals surface area contributed by atoms with Gasteiger partial charge < -0.3 is 4.74 Å². The molecule has 0 radical (unpaired) electrons. The smallest absolute Gasteiger partial charge is 0.124 e. The zero-order chi connectivity index (χ0) is 13.5. The number of rotatable bonds is 6. The van der Waals surface area contributed by atoms with Gasteiger partial charge >= 0.3 is 0 Å². The molecule has 18 heavy (non-hydrogen) atoms. The van der Waals surface area contributed by atoms with Crippen molar-refractivity contribution >= 4 is 0 Å². The number of hydrogen-bond donors (Lipinski definition) is 0. The molecule has 0 aliphatic carbocycles. The predicted molar refractivity (Wildman–Crippen MR) is 68.5 cm³/mol. The van der Waals surface area contributed by atoms with E-state index in [-0.39, 0.29) is 11.9 Å². The van der Waals surface area contributed by atoms with Crippen LogP contribution >= 0.6 is 0 Å². The molecule has 0 amide bonds. The molecule has 0 saturated heterocycles. The lowest BCUT2D eigenvalue weighted by Crippen LogP contribution is -2.35. The van der Waals surface area contributed by atoms with Crippen LogP contribution in [0.2, 0.25) is 0 Å². The van der Waals surface area contributed by atoms with Crippen LogP contribution in [0.1, 0.15) is 25.0 Å². The fourth-order valence-electron chi connectivity index (χ4n) is 1.97. The quantitative estimate of drug-likeness (QED) is 0.778. The van der Waals surface area contributed by atoms with E-state index >= 15 is 0 Å². The van der Waals surface area contributed by atoms with E-state index in [1.807, 2.05) is 6.07 Å². The summed E-state index contributed by atoms with van der Waals surface area (Å²) in [5, 5.41) is 8.82. The molecule has 1 aromatic carbocycles. The van der Waals surface area contributed by atoms with Crippen LogP contribution in [0, 0.1) is 17.1 Å². The van der Waals surface area contributed by atoms with Crippen molar-refractivity contribution in [2.45, 2.75) is 26.4 Å². The highest BCUT2D eigenvalue weighted by atomic mass is 19.1. The SMILES string of the molecule is CCN(Cc1cc(F)cc(C#N)c1)C(C)COC. The van der Waals surface area contributed by atoms with Crippen LogP contribution in [-0.2, 0) is 11.3 Å². The zero-order valence-corrected chi connectivity index (χ0v) is 11.1. The molecule has 0 saturated carbocycles. The highest BCUT2D eigenvalue weighted by Gasteiger charge is 2.13. The van der Waals surface area contributed by atoms with Crippen LogP contribution in [0.15, 0.2) is 18.2 Å². The van der Waals surface area contributed by atoms with Gasteiger partial charge in [0.1, 0.15) is 5.82 Å². The van der Waals surface area contributed by atoms with E-state index < -0.39 is 0 Å². The maximum atomic E-state index is 13.3. The monoisotopic (exact) mass is 250 g/mol. The average Bonchev–Trinajstić information content (AvgIpc) is 2.35. The van der Waals surface area contributed by atoms with Crippen LogP contribution in [0.25, 0.3) is 0 Å². The molecule has 0 aromatic heterocycles. The van der Waals surface area contributed by atoms with Crippen molar-refractivity contribution in [2.75, 3.05) is 20.3 Å². The van der Waals surface area contributed by atoms with E-state index in [1.54, 1.807) is 13.2 Å². The molecule has 0 heterocycles. The molecule has 0 fully saturated rings. The number of ether oxygens (including phenoxy) is 1. The Hall–Kier alpha value is -1.44. The van der Waals surface area contributed by atoms with E-state index in [0.29, 0.717) is 18.7 Å². The van der Waals surface area contributed by atoms with Gasteiger partial charge in [0, 0.05) is 19.7 Å². The largest absolute Gasteiger partial charge is 0.383 e. The highest BCUT2D eigenvalue weighted by Crippen LogP contribution is 2.13. The number of methoxy groups -OCH3 is 1. The lowest BCUT2D eigenvalue weighted by Gasteiger charge is -2.27. The number of halogens is 1. The van der Waals surface area contributed by atoms with Crippen LogP contribution in [0.4, 0.5) is 4.39 Å². The van der Waals surface area contributed by atoms with E-state index in [2.05, 4.69) is 18.7 Å². The van der Waals surface area contributed by atoms with E-state index in [4.69, 9.17) is 10.00 Å². The molecular formula is C14H19FN2O. The third kappa shape index (κ3) is 4.10. The summed E-state index contributed by atoms with van der Waals surface area (Å²) < 4.78 is 18.4. The Morgan fingerprint density at radius 2 is 2.17 bits per heavy atom. The molecule has 0 aliphatic rings. The summed E-state index contributed by atoms with van der Waals surface area (Å²) in [5.74, 6) is -0.362. The second kappa shape index (κ2) is 7.10. The molecule has 0 spiro atoms. The van der Waals surface area contributed by atoms with Crippen LogP contribution in [-0.4, -0.2) is 31.2 Å². The summed E-state index contributed by atoms with van der Waals surface area (Å²) in [7, 11) is 1.67. The Morgan fingerprint density at radius 1 is 1.44 bits per heavy atom. The van der Waals surface area contributed by atoms with Gasteiger partial charge in [0.05, 0.1) is 18.2 Å². The maximum Gasteiger partial charge on any atom is 0.124 e. The number of nitriles is 1. The molecule has 0 bridgehead atoms. The molecular weight excluding hydrogens is 231 g/mol. The van der Waals surface area contributed by atoms with Crippen LogP contribution < -0.4 is 0 Å². The molecule has 1 aromatic rings. The van der Waals surface area contributed by atoms with Gasteiger partial charge in [-0.05, 0) is 37.2 Å². The van der Waals surface area contributed by atoms with Gasteiger partial charge in [0.25, 0.3) is 0 Å². The van der Waals surface area contributed by atoms with Gasteiger partial charge in [0.2, 0.25) is 0 Å². The summed E-state index contributed by atoms with van der Waals surface area (Å²) in [4.78, 5) is 2.18. The van der Waals surface area contributed by atoms with Gasteiger partial charge in [-0.15, -0.1) is 0 Å². The third-order valence-electron chi connectivity index (χ3n) is 2.91. The maximum absolute atomic E-state index is 13.3. The lowest BCUT2D eigenvalue weighted by atomic mass is 10.1. The van der Waals surface area contributed by atoms with Crippen molar-refractivity contribution in [3.8, 4) is 6.07 Å². The molecule has 1 unspecified atom stereocenters. The second-order valence-electron chi connectivity index (χ2n) is 4.33. The Kier molecular flexibility index (Phi) is 5.76. The molecule has 1 atom stereocenters. The van der Waals surface area contributed by atoms with Crippen molar-refractivity contribution in [3.05, 3.63) is 35.1 Å². The van der Waals surface area contributed by atoms with Gasteiger partial charge in [-0.25, -0.2) is 4.39 Å². The van der Waals surface area contributed by atoms with E-state index in [0.717, 1.165) is 12.1 Å². The first-order valence-corrected chi connectivity index (χ1v) is 6.03. The minimum atomic E-state index is -0.362. The van der Waals surface area contributed by atoms with E-state index in [9.17, 15) is 4.39 Å². The topological polar surface area (TPSA) is 36.3 Å². The normalized spacial score (nSPS) is 12.4. The third-order valence-corrected chi connectivity index (χ3v) is 2.91. The molecule has 0 aliphatic heterocycles. The average molecular weight is 250 g/mol. The Bertz CT molecular complexity index is 428. The van der Waals surface area contributed by atoms with Crippen molar-refractivity contribution in [1.29, 1.82) is 5.26 Å². The first kappa shape index (κ1) is 14.6. The van der Waals surface area contributed by atoms with Gasteiger partial charge in [-0.3, -0.25) is 4.90 Å². The first-order chi connectivity index (χ1) is 8.60. The van der Waals surface area contributed by atoms with Crippen LogP contribution in [0.5, 0.6) is 0 Å². The van der Waals surface area contributed by atoms with Gasteiger partial charge in [-0.1, -0.05) is 6.92 Å². The fraction of sp³-hybridized carbons (Fsp3) is 0.500. The number of hydrogen-bond acceptors (Lipinski definition) is 3. The summed E-state index contributed by atoms with van der Waals surface area (Å²) in [6, 6.07) is 6.68. The van der Waals surface area contributed by atoms with Crippen molar-refractivity contribution in [1.82, 2.24) is 4.90 Å². The predicted octanol–water partition coefficient (Wildman–Crippen LogP) is 2.55. The number of likely N-dealkylation sites (N-methyl/N-ethyl adjacent to an activating group) is 1. The Labute approximate surface area is 108 Å². The minimum Gasteiger partial charge on any atom is -0.383 e. The van der Waals surface area contributed by atoms with Crippen molar-refractivity contribution < 1.29 is 9.13 Å². The first-order valence-electron chi connectivity index (χ1n) is 6.03. The summed E-state index contributed by atoms with van der Waals surface area (Å²) in [5.41, 5.74) is 1.18. The molecule has 3 nitrogen and oxygen atoms in total. The van der Waals surface area contributed by atoms with Gasteiger partial charge in [0.15, 0.2) is 0 Å². The minimum absolute atomic E-state index is 0.258. The highest BCUT2D eigenvalue weighted by molar-refractivity contribution is 5.33. The molecule has 98 valence electrons.